The van der Waals surface area contributed by atoms with Gasteiger partial charge in [0.2, 0.25) is 11.8 Å². The zero-order chi connectivity index (χ0) is 20.8. The summed E-state index contributed by atoms with van der Waals surface area (Å²) in [6.45, 7) is 5.18. The van der Waals surface area contributed by atoms with Crippen LogP contribution in [0.15, 0.2) is 42.5 Å². The van der Waals surface area contributed by atoms with E-state index < -0.39 is 29.0 Å². The lowest BCUT2D eigenvalue weighted by Crippen LogP contribution is -2.39. The Kier molecular flexibility index (Phi) is 7.20. The van der Waals surface area contributed by atoms with Crippen molar-refractivity contribution < 1.29 is 22.8 Å². The van der Waals surface area contributed by atoms with Crippen LogP contribution in [0.2, 0.25) is 0 Å². The van der Waals surface area contributed by atoms with Gasteiger partial charge in [-0.3, -0.25) is 9.59 Å². The highest BCUT2D eigenvalue weighted by atomic mass is 19.2. The number of benzene rings is 2. The lowest BCUT2D eigenvalue weighted by Gasteiger charge is -2.29. The van der Waals surface area contributed by atoms with Crippen molar-refractivity contribution >= 4 is 17.5 Å². The minimum atomic E-state index is -1.65. The smallest absolute Gasteiger partial charge is 0.224 e. The summed E-state index contributed by atoms with van der Waals surface area (Å²) >= 11 is 0. The van der Waals surface area contributed by atoms with Crippen LogP contribution in [0.25, 0.3) is 0 Å². The quantitative estimate of drug-likeness (QED) is 0.660. The van der Waals surface area contributed by atoms with Crippen molar-refractivity contribution in [1.82, 2.24) is 4.90 Å². The Morgan fingerprint density at radius 1 is 0.964 bits per heavy atom. The topological polar surface area (TPSA) is 40.6 Å². The third-order valence-electron chi connectivity index (χ3n) is 4.37. The van der Waals surface area contributed by atoms with Gasteiger partial charge in [0.05, 0.1) is 5.69 Å². The molecule has 2 amide bonds. The number of amides is 2. The molecule has 28 heavy (non-hydrogen) atoms. The number of carbonyl (C=O) groups excluding carboxylic acids is 2. The summed E-state index contributed by atoms with van der Waals surface area (Å²) in [4.78, 5) is 27.2. The van der Waals surface area contributed by atoms with E-state index in [1.165, 1.54) is 6.92 Å². The van der Waals surface area contributed by atoms with E-state index in [4.69, 9.17) is 0 Å². The maximum Gasteiger partial charge on any atom is 0.224 e. The van der Waals surface area contributed by atoms with E-state index in [0.29, 0.717) is 6.54 Å². The van der Waals surface area contributed by atoms with E-state index in [9.17, 15) is 22.8 Å². The second-order valence-electron chi connectivity index (χ2n) is 6.72. The highest BCUT2D eigenvalue weighted by Crippen LogP contribution is 2.24. The number of halogens is 3. The van der Waals surface area contributed by atoms with Crippen LogP contribution in [-0.2, 0) is 16.1 Å². The van der Waals surface area contributed by atoms with Crippen molar-refractivity contribution in [1.29, 1.82) is 0 Å². The molecule has 150 valence electrons. The first-order chi connectivity index (χ1) is 13.2. The SMILES string of the molecule is CC(=O)N(CCC(=O)N(Cc1ccccc1)C(C)C)c1ccc(F)c(F)c1F. The standard InChI is InChI=1S/C21H23F3N2O2/c1-14(2)26(13-16-7-5-4-6-8-16)19(28)11-12-25(15(3)27)18-10-9-17(22)20(23)21(18)24/h4-10,14H,11-13H2,1-3H3. The van der Waals surface area contributed by atoms with E-state index in [-0.39, 0.29) is 24.9 Å². The molecular weight excluding hydrogens is 369 g/mol. The van der Waals surface area contributed by atoms with E-state index in [1.807, 2.05) is 44.2 Å². The molecule has 2 aromatic carbocycles. The summed E-state index contributed by atoms with van der Waals surface area (Å²) in [7, 11) is 0. The predicted octanol–water partition coefficient (Wildman–Crippen LogP) is 4.28. The molecule has 0 N–H and O–H groups in total. The molecule has 0 aliphatic rings. The lowest BCUT2D eigenvalue weighted by atomic mass is 10.1. The van der Waals surface area contributed by atoms with Crippen LogP contribution in [0.4, 0.5) is 18.9 Å². The molecule has 2 aromatic rings. The first kappa shape index (κ1) is 21.5. The van der Waals surface area contributed by atoms with Crippen molar-refractivity contribution in [2.24, 2.45) is 0 Å². The van der Waals surface area contributed by atoms with Crippen LogP contribution in [-0.4, -0.2) is 29.3 Å². The van der Waals surface area contributed by atoms with E-state index in [2.05, 4.69) is 0 Å². The lowest BCUT2D eigenvalue weighted by molar-refractivity contribution is -0.133. The second-order valence-corrected chi connectivity index (χ2v) is 6.72. The van der Waals surface area contributed by atoms with E-state index >= 15 is 0 Å². The monoisotopic (exact) mass is 392 g/mol. The van der Waals surface area contributed by atoms with Crippen molar-refractivity contribution in [2.45, 2.75) is 39.8 Å². The van der Waals surface area contributed by atoms with Gasteiger partial charge in [-0.15, -0.1) is 0 Å². The fraction of sp³-hybridized carbons (Fsp3) is 0.333. The molecule has 0 spiro atoms. The van der Waals surface area contributed by atoms with Crippen molar-refractivity contribution in [3.05, 3.63) is 65.5 Å². The Labute approximate surface area is 162 Å². The van der Waals surface area contributed by atoms with Gasteiger partial charge in [0.25, 0.3) is 0 Å². The van der Waals surface area contributed by atoms with Gasteiger partial charge in [0.15, 0.2) is 17.5 Å². The maximum absolute atomic E-state index is 14.1. The molecule has 0 aliphatic heterocycles. The second kappa shape index (κ2) is 9.39. The van der Waals surface area contributed by atoms with Crippen LogP contribution in [0.3, 0.4) is 0 Å². The molecule has 0 aliphatic carbocycles. The minimum absolute atomic E-state index is 0.0803. The highest BCUT2D eigenvalue weighted by molar-refractivity contribution is 5.92. The zero-order valence-electron chi connectivity index (χ0n) is 16.1. The molecule has 0 atom stereocenters. The first-order valence-electron chi connectivity index (χ1n) is 8.97. The molecule has 0 saturated carbocycles. The number of hydrogen-bond donors (Lipinski definition) is 0. The van der Waals surface area contributed by atoms with Gasteiger partial charge in [-0.2, -0.15) is 0 Å². The Morgan fingerprint density at radius 2 is 1.61 bits per heavy atom. The van der Waals surface area contributed by atoms with Gasteiger partial charge < -0.3 is 9.80 Å². The predicted molar refractivity (Wildman–Crippen MR) is 101 cm³/mol. The summed E-state index contributed by atoms with van der Waals surface area (Å²) in [5, 5.41) is 0. The molecule has 0 fully saturated rings. The average Bonchev–Trinajstić information content (AvgIpc) is 2.66. The normalized spacial score (nSPS) is 10.8. The van der Waals surface area contributed by atoms with Crippen LogP contribution in [0, 0.1) is 17.5 Å². The molecule has 4 nitrogen and oxygen atoms in total. The van der Waals surface area contributed by atoms with E-state index in [1.54, 1.807) is 4.90 Å². The Bertz CT molecular complexity index is 841. The number of nitrogens with zero attached hydrogens (tertiary/aromatic N) is 2. The molecule has 0 unspecified atom stereocenters. The van der Waals surface area contributed by atoms with Crippen LogP contribution >= 0.6 is 0 Å². The van der Waals surface area contributed by atoms with Crippen LogP contribution in [0.1, 0.15) is 32.8 Å². The van der Waals surface area contributed by atoms with Gasteiger partial charge in [-0.1, -0.05) is 30.3 Å². The molecule has 2 rings (SSSR count). The molecule has 0 bridgehead atoms. The van der Waals surface area contributed by atoms with Gasteiger partial charge >= 0.3 is 0 Å². The Morgan fingerprint density at radius 3 is 2.18 bits per heavy atom. The van der Waals surface area contributed by atoms with Crippen LogP contribution in [0.5, 0.6) is 0 Å². The molecule has 0 saturated heterocycles. The fourth-order valence-corrected chi connectivity index (χ4v) is 2.86. The molecule has 7 heteroatoms. The van der Waals surface area contributed by atoms with Crippen molar-refractivity contribution in [2.75, 3.05) is 11.4 Å². The summed E-state index contributed by atoms with van der Waals surface area (Å²) in [5.41, 5.74) is 0.568. The third kappa shape index (κ3) is 5.12. The van der Waals surface area contributed by atoms with Gasteiger partial charge in [-0.25, -0.2) is 13.2 Å². The first-order valence-corrected chi connectivity index (χ1v) is 8.97. The van der Waals surface area contributed by atoms with Crippen LogP contribution < -0.4 is 4.90 Å². The largest absolute Gasteiger partial charge is 0.336 e. The number of anilines is 1. The van der Waals surface area contributed by atoms with Gasteiger partial charge in [0.1, 0.15) is 0 Å². The average molecular weight is 392 g/mol. The number of carbonyl (C=O) groups is 2. The number of rotatable bonds is 7. The fourth-order valence-electron chi connectivity index (χ4n) is 2.86. The Balaban J connectivity index is 2.14. The Hall–Kier alpha value is -2.83. The molecular formula is C21H23F3N2O2. The zero-order valence-corrected chi connectivity index (χ0v) is 16.1. The summed E-state index contributed by atoms with van der Waals surface area (Å²) in [6, 6.07) is 11.1. The summed E-state index contributed by atoms with van der Waals surface area (Å²) in [5.74, 6) is -5.24. The minimum Gasteiger partial charge on any atom is -0.336 e. The highest BCUT2D eigenvalue weighted by Gasteiger charge is 2.23. The molecule has 0 radical (unpaired) electrons. The third-order valence-corrected chi connectivity index (χ3v) is 4.37. The summed E-state index contributed by atoms with van der Waals surface area (Å²) in [6.07, 6.45) is -0.0803. The van der Waals surface area contributed by atoms with E-state index in [0.717, 1.165) is 22.6 Å². The summed E-state index contributed by atoms with van der Waals surface area (Å²) < 4.78 is 40.8. The molecule has 0 heterocycles. The number of hydrogen-bond acceptors (Lipinski definition) is 2. The molecule has 0 aromatic heterocycles. The maximum atomic E-state index is 14.1. The van der Waals surface area contributed by atoms with Crippen molar-refractivity contribution in [3.63, 3.8) is 0 Å². The van der Waals surface area contributed by atoms with Gasteiger partial charge in [0, 0.05) is 32.5 Å². The van der Waals surface area contributed by atoms with Gasteiger partial charge in [-0.05, 0) is 31.5 Å². The van der Waals surface area contributed by atoms with Crippen molar-refractivity contribution in [3.8, 4) is 0 Å².